The Hall–Kier alpha value is -2.22. The lowest BCUT2D eigenvalue weighted by Crippen LogP contribution is -2.30. The first-order chi connectivity index (χ1) is 8.43. The van der Waals surface area contributed by atoms with Gasteiger partial charge in [-0.2, -0.15) is 0 Å². The normalized spacial score (nSPS) is 16.9. The highest BCUT2D eigenvalue weighted by molar-refractivity contribution is 5.85. The number of nitrogens with one attached hydrogen (secondary N) is 1. The van der Waals surface area contributed by atoms with Crippen molar-refractivity contribution in [3.63, 3.8) is 0 Å². The molecule has 4 rings (SSSR count). The van der Waals surface area contributed by atoms with Gasteiger partial charge in [0.15, 0.2) is 0 Å². The Morgan fingerprint density at radius 3 is 3.12 bits per heavy atom. The molecular formula is C15H11NO. The molecule has 0 radical (unpaired) electrons. The maximum Gasteiger partial charge on any atom is 0.140 e. The summed E-state index contributed by atoms with van der Waals surface area (Å²) in [6.45, 7) is 0. The van der Waals surface area contributed by atoms with Gasteiger partial charge in [-0.15, -0.1) is 0 Å². The van der Waals surface area contributed by atoms with Crippen LogP contribution in [0, 0.1) is 0 Å². The van der Waals surface area contributed by atoms with Crippen LogP contribution in [0.15, 0.2) is 48.3 Å². The van der Waals surface area contributed by atoms with Crippen LogP contribution in [-0.2, 0) is 4.74 Å². The van der Waals surface area contributed by atoms with E-state index >= 15 is 0 Å². The van der Waals surface area contributed by atoms with E-state index in [9.17, 15) is 0 Å². The van der Waals surface area contributed by atoms with Crippen LogP contribution in [0.5, 0.6) is 0 Å². The molecule has 2 aliphatic rings. The summed E-state index contributed by atoms with van der Waals surface area (Å²) in [6.07, 6.45) is 8.98. The molecule has 0 bridgehead atoms. The van der Waals surface area contributed by atoms with Crippen LogP contribution in [0.4, 0.5) is 0 Å². The van der Waals surface area contributed by atoms with Gasteiger partial charge in [-0.3, -0.25) is 0 Å². The molecule has 1 aliphatic carbocycles. The highest BCUT2D eigenvalue weighted by Crippen LogP contribution is 2.23. The summed E-state index contributed by atoms with van der Waals surface area (Å²) >= 11 is 0. The van der Waals surface area contributed by atoms with E-state index in [1.165, 1.54) is 27.0 Å². The summed E-state index contributed by atoms with van der Waals surface area (Å²) in [4.78, 5) is 3.44. The average Bonchev–Trinajstić information content (AvgIpc) is 2.77. The summed E-state index contributed by atoms with van der Waals surface area (Å²) in [5.74, 6) is 1.00. The van der Waals surface area contributed by atoms with Crippen molar-refractivity contribution in [2.75, 3.05) is 0 Å². The van der Waals surface area contributed by atoms with Crippen LogP contribution in [0.3, 0.4) is 0 Å². The Morgan fingerprint density at radius 2 is 2.12 bits per heavy atom. The van der Waals surface area contributed by atoms with Crippen molar-refractivity contribution in [3.8, 4) is 0 Å². The van der Waals surface area contributed by atoms with Crippen LogP contribution in [0.1, 0.15) is 6.42 Å². The molecule has 0 amide bonds. The van der Waals surface area contributed by atoms with Crippen molar-refractivity contribution in [1.82, 2.24) is 4.98 Å². The van der Waals surface area contributed by atoms with Crippen molar-refractivity contribution >= 4 is 22.7 Å². The number of ether oxygens (including phenoxy) is 1. The number of aromatic amines is 1. The number of fused-ring (bicyclic) bond motifs is 4. The fourth-order valence-electron chi connectivity index (χ4n) is 2.57. The Labute approximate surface area is 98.2 Å². The second-order valence-electron chi connectivity index (χ2n) is 4.33. The molecule has 0 saturated carbocycles. The fourth-order valence-corrected chi connectivity index (χ4v) is 2.57. The van der Waals surface area contributed by atoms with E-state index in [1.807, 2.05) is 12.1 Å². The number of rotatable bonds is 0. The smallest absolute Gasteiger partial charge is 0.140 e. The predicted octanol–water partition coefficient (Wildman–Crippen LogP) is 1.93. The van der Waals surface area contributed by atoms with Gasteiger partial charge in [0.25, 0.3) is 0 Å². The van der Waals surface area contributed by atoms with E-state index < -0.39 is 0 Å². The molecular weight excluding hydrogens is 210 g/mol. The Kier molecular flexibility index (Phi) is 1.64. The third-order valence-electron chi connectivity index (χ3n) is 3.34. The van der Waals surface area contributed by atoms with Crippen LogP contribution < -0.4 is 10.6 Å². The van der Waals surface area contributed by atoms with Crippen LogP contribution in [0.25, 0.3) is 22.7 Å². The number of benzene rings is 1. The third kappa shape index (κ3) is 1.15. The van der Waals surface area contributed by atoms with Gasteiger partial charge >= 0.3 is 0 Å². The second kappa shape index (κ2) is 3.14. The standard InChI is InChI=1S/C15H11NO/c1-2-6-12-11(5-1)14-13(16-12)8-7-10-4-3-9-17-15(10)14/h1-6,8-9,16H,7H2. The second-order valence-corrected chi connectivity index (χ2v) is 4.33. The summed E-state index contributed by atoms with van der Waals surface area (Å²) in [7, 11) is 0. The highest BCUT2D eigenvalue weighted by Gasteiger charge is 2.16. The van der Waals surface area contributed by atoms with Crippen LogP contribution in [0.2, 0.25) is 0 Å². The summed E-state index contributed by atoms with van der Waals surface area (Å²) in [6, 6.07) is 8.35. The molecule has 1 N–H and O–H groups in total. The van der Waals surface area contributed by atoms with Gasteiger partial charge in [0.1, 0.15) is 5.76 Å². The van der Waals surface area contributed by atoms with Crippen LogP contribution >= 0.6 is 0 Å². The SMILES string of the molecule is C1=COC2=c3c([nH]c4ccccc34)=CCC2=C1. The average molecular weight is 221 g/mol. The molecule has 0 fully saturated rings. The number of allylic oxidation sites excluding steroid dienone is 2. The zero-order valence-electron chi connectivity index (χ0n) is 9.23. The molecule has 2 heteroatoms. The van der Waals surface area contributed by atoms with E-state index in [0.29, 0.717) is 0 Å². The zero-order valence-corrected chi connectivity index (χ0v) is 9.23. The van der Waals surface area contributed by atoms with Crippen molar-refractivity contribution in [1.29, 1.82) is 0 Å². The molecule has 0 spiro atoms. The molecule has 1 aromatic heterocycles. The van der Waals surface area contributed by atoms with Crippen molar-refractivity contribution < 1.29 is 4.74 Å². The minimum absolute atomic E-state index is 0.930. The van der Waals surface area contributed by atoms with Crippen molar-refractivity contribution in [3.05, 3.63) is 58.8 Å². The summed E-state index contributed by atoms with van der Waals surface area (Å²) < 4.78 is 5.70. The quantitative estimate of drug-likeness (QED) is 0.722. The number of H-pyrrole nitrogens is 1. The highest BCUT2D eigenvalue weighted by atomic mass is 16.5. The monoisotopic (exact) mass is 221 g/mol. The molecule has 2 heterocycles. The molecule has 1 aliphatic heterocycles. The number of aromatic nitrogens is 1. The number of hydrogen-bond acceptors (Lipinski definition) is 1. The Bertz CT molecular complexity index is 790. The van der Waals surface area contributed by atoms with E-state index in [4.69, 9.17) is 4.74 Å². The van der Waals surface area contributed by atoms with Gasteiger partial charge in [0.05, 0.1) is 6.26 Å². The van der Waals surface area contributed by atoms with Gasteiger partial charge in [-0.25, -0.2) is 0 Å². The molecule has 82 valence electrons. The topological polar surface area (TPSA) is 25.0 Å². The molecule has 2 nitrogen and oxygen atoms in total. The van der Waals surface area contributed by atoms with Crippen molar-refractivity contribution in [2.45, 2.75) is 6.42 Å². The van der Waals surface area contributed by atoms with E-state index in [1.54, 1.807) is 6.26 Å². The Balaban J connectivity index is 2.26. The first-order valence-corrected chi connectivity index (χ1v) is 5.77. The van der Waals surface area contributed by atoms with E-state index in [2.05, 4.69) is 35.3 Å². The van der Waals surface area contributed by atoms with E-state index in [-0.39, 0.29) is 0 Å². The van der Waals surface area contributed by atoms with Gasteiger partial charge in [0.2, 0.25) is 0 Å². The lowest BCUT2D eigenvalue weighted by atomic mass is 10.0. The van der Waals surface area contributed by atoms with E-state index in [0.717, 1.165) is 12.2 Å². The van der Waals surface area contributed by atoms with Gasteiger partial charge in [0, 0.05) is 21.5 Å². The lowest BCUT2D eigenvalue weighted by molar-refractivity contribution is 0.425. The first-order valence-electron chi connectivity index (χ1n) is 5.77. The maximum atomic E-state index is 5.70. The molecule has 0 saturated heterocycles. The molecule has 2 aromatic rings. The number of hydrogen-bond donors (Lipinski definition) is 1. The molecule has 1 aromatic carbocycles. The molecule has 17 heavy (non-hydrogen) atoms. The predicted molar refractivity (Wildman–Crippen MR) is 68.3 cm³/mol. The zero-order chi connectivity index (χ0) is 11.2. The van der Waals surface area contributed by atoms with Gasteiger partial charge in [-0.05, 0) is 24.1 Å². The Morgan fingerprint density at radius 1 is 1.18 bits per heavy atom. The van der Waals surface area contributed by atoms with Crippen LogP contribution in [-0.4, -0.2) is 4.98 Å². The van der Waals surface area contributed by atoms with Gasteiger partial charge < -0.3 is 9.72 Å². The first kappa shape index (κ1) is 8.88. The minimum Gasteiger partial charge on any atom is -0.464 e. The third-order valence-corrected chi connectivity index (χ3v) is 3.34. The largest absolute Gasteiger partial charge is 0.464 e. The summed E-state index contributed by atoms with van der Waals surface area (Å²) in [5.41, 5.74) is 2.42. The van der Waals surface area contributed by atoms with Gasteiger partial charge in [-0.1, -0.05) is 30.4 Å². The number of para-hydroxylation sites is 1. The lowest BCUT2D eigenvalue weighted by Gasteiger charge is -2.15. The molecule has 0 unspecified atom stereocenters. The minimum atomic E-state index is 0.930. The summed E-state index contributed by atoms with van der Waals surface area (Å²) in [5, 5.41) is 3.60. The van der Waals surface area contributed by atoms with Crippen molar-refractivity contribution in [2.24, 2.45) is 0 Å². The fraction of sp³-hybridized carbons (Fsp3) is 0.0667. The molecule has 0 atom stereocenters. The maximum absolute atomic E-state index is 5.70.